The molecule has 0 saturated carbocycles. The lowest BCUT2D eigenvalue weighted by atomic mass is 10.1. The standard InChI is InChI=1S/C58H90N4O21S2/c1-70-24-25-74-30-31-76-34-35-78-38-39-80-42-43-82-46-47-83-45-44-81-41-40-79-37-36-77-33-32-75-29-27-71-21-16-51(63)59-18-9-8-14-50(56(67)60-19-15-53(65)66)61-52(64)17-22-72-26-28-73-23-20-62-57(68)54(84-48-10-4-2-5-11-48)55(58(62)69)85-49-12-6-3-7-13-49/h2-7,10-13,50H,8-9,14-47H2,1H3,(H,59,63)(H,60,67)(H,61,64)(H,65,66)/t50-/m0/s1. The summed E-state index contributed by atoms with van der Waals surface area (Å²) in [5, 5.41) is 17.1. The molecule has 0 aromatic heterocycles. The topological polar surface area (TPSA) is 291 Å². The van der Waals surface area contributed by atoms with Crippen molar-refractivity contribution in [2.45, 2.75) is 54.4 Å². The molecular formula is C58H90N4O21S2. The van der Waals surface area contributed by atoms with E-state index in [1.807, 2.05) is 60.7 Å². The highest BCUT2D eigenvalue weighted by Crippen LogP contribution is 2.42. The molecule has 0 spiro atoms. The molecule has 25 nitrogen and oxygen atoms in total. The number of imide groups is 1. The molecule has 2 aromatic carbocycles. The van der Waals surface area contributed by atoms with Crippen LogP contribution in [0, 0.1) is 0 Å². The predicted molar refractivity (Wildman–Crippen MR) is 314 cm³/mol. The van der Waals surface area contributed by atoms with Crippen LogP contribution in [0.25, 0.3) is 0 Å². The minimum Gasteiger partial charge on any atom is -0.481 e. The van der Waals surface area contributed by atoms with Crippen molar-refractivity contribution in [3.05, 3.63) is 70.5 Å². The molecule has 1 aliphatic rings. The van der Waals surface area contributed by atoms with Gasteiger partial charge in [-0.25, -0.2) is 0 Å². The second kappa shape index (κ2) is 52.5. The summed E-state index contributed by atoms with van der Waals surface area (Å²) in [7, 11) is 1.63. The summed E-state index contributed by atoms with van der Waals surface area (Å²) >= 11 is 2.51. The minimum absolute atomic E-state index is 0.0316. The van der Waals surface area contributed by atoms with Gasteiger partial charge in [0, 0.05) is 42.8 Å². The number of carboxylic acids is 1. The van der Waals surface area contributed by atoms with Crippen molar-refractivity contribution in [3.8, 4) is 0 Å². The van der Waals surface area contributed by atoms with Crippen LogP contribution in [0.1, 0.15) is 38.5 Å². The summed E-state index contributed by atoms with van der Waals surface area (Å²) in [6.45, 7) is 11.1. The average molecular weight is 1240 g/mol. The van der Waals surface area contributed by atoms with Crippen LogP contribution in [0.15, 0.2) is 80.3 Å². The van der Waals surface area contributed by atoms with Gasteiger partial charge in [0.15, 0.2) is 0 Å². The number of amides is 5. The molecule has 27 heteroatoms. The van der Waals surface area contributed by atoms with Gasteiger partial charge in [-0.2, -0.15) is 0 Å². The third-order valence-corrected chi connectivity index (χ3v) is 13.8. The molecule has 2 aromatic rings. The van der Waals surface area contributed by atoms with Crippen LogP contribution in [0.4, 0.5) is 0 Å². The number of nitrogens with zero attached hydrogens (tertiary/aromatic N) is 1. The van der Waals surface area contributed by atoms with Crippen LogP contribution < -0.4 is 16.0 Å². The fraction of sp³-hybridized carbons (Fsp3) is 0.655. The number of carbonyl (C=O) groups is 6. The minimum atomic E-state index is -1.07. The molecule has 0 aliphatic carbocycles. The molecular weight excluding hydrogens is 1150 g/mol. The van der Waals surface area contributed by atoms with Gasteiger partial charge >= 0.3 is 5.97 Å². The number of methoxy groups -OCH3 is 1. The molecule has 5 amide bonds. The number of aliphatic carboxylic acids is 1. The van der Waals surface area contributed by atoms with Crippen molar-refractivity contribution >= 4 is 59.0 Å². The summed E-state index contributed by atoms with van der Waals surface area (Å²) < 4.78 is 76.3. The first kappa shape index (κ1) is 74.6. The second-order valence-corrected chi connectivity index (χ2v) is 20.3. The summed E-state index contributed by atoms with van der Waals surface area (Å²) in [6.07, 6.45) is 1.08. The Labute approximate surface area is 508 Å². The third-order valence-electron chi connectivity index (χ3n) is 11.5. The van der Waals surface area contributed by atoms with Gasteiger partial charge in [-0.1, -0.05) is 59.9 Å². The Morgan fingerprint density at radius 1 is 0.435 bits per heavy atom. The Bertz CT molecular complexity index is 2040. The number of carboxylic acid groups (broad SMARTS) is 1. The van der Waals surface area contributed by atoms with E-state index in [1.54, 1.807) is 7.11 Å². The van der Waals surface area contributed by atoms with Crippen molar-refractivity contribution < 1.29 is 100 Å². The zero-order valence-corrected chi connectivity index (χ0v) is 50.8. The first-order valence-electron chi connectivity index (χ1n) is 28.8. The highest BCUT2D eigenvalue weighted by atomic mass is 32.2. The Kier molecular flexibility index (Phi) is 46.0. The maximum Gasteiger partial charge on any atom is 0.305 e. The van der Waals surface area contributed by atoms with Crippen molar-refractivity contribution in [3.63, 3.8) is 0 Å². The van der Waals surface area contributed by atoms with Crippen LogP contribution in [0.2, 0.25) is 0 Å². The van der Waals surface area contributed by atoms with Gasteiger partial charge in [0.2, 0.25) is 17.7 Å². The van der Waals surface area contributed by atoms with Crippen LogP contribution in [0.3, 0.4) is 0 Å². The summed E-state index contributed by atoms with van der Waals surface area (Å²) in [5.74, 6) is -3.00. The van der Waals surface area contributed by atoms with Gasteiger partial charge in [0.1, 0.15) is 6.04 Å². The maximum absolute atomic E-state index is 13.5. The number of rotatable bonds is 59. The van der Waals surface area contributed by atoms with E-state index in [4.69, 9.17) is 71.4 Å². The van der Waals surface area contributed by atoms with Crippen LogP contribution in [-0.4, -0.2) is 257 Å². The Morgan fingerprint density at radius 3 is 1.16 bits per heavy atom. The van der Waals surface area contributed by atoms with Gasteiger partial charge in [0.25, 0.3) is 11.8 Å². The van der Waals surface area contributed by atoms with Crippen LogP contribution in [0.5, 0.6) is 0 Å². The first-order valence-corrected chi connectivity index (χ1v) is 30.4. The van der Waals surface area contributed by atoms with E-state index >= 15 is 0 Å². The zero-order valence-electron chi connectivity index (χ0n) is 49.2. The van der Waals surface area contributed by atoms with E-state index in [2.05, 4.69) is 16.0 Å². The molecule has 3 rings (SSSR count). The molecule has 4 N–H and O–H groups in total. The number of nitrogens with one attached hydrogen (secondary N) is 3. The van der Waals surface area contributed by atoms with Crippen LogP contribution >= 0.6 is 23.5 Å². The van der Waals surface area contributed by atoms with Gasteiger partial charge in [0.05, 0.1) is 201 Å². The number of ether oxygens (including phenoxy) is 14. The molecule has 85 heavy (non-hydrogen) atoms. The van der Waals surface area contributed by atoms with Crippen molar-refractivity contribution in [2.75, 3.05) is 205 Å². The lowest BCUT2D eigenvalue weighted by molar-refractivity contribution is -0.139. The molecule has 480 valence electrons. The third kappa shape index (κ3) is 39.7. The van der Waals surface area contributed by atoms with E-state index in [9.17, 15) is 28.8 Å². The lowest BCUT2D eigenvalue weighted by Gasteiger charge is -2.18. The lowest BCUT2D eigenvalue weighted by Crippen LogP contribution is -2.47. The molecule has 0 bridgehead atoms. The normalized spacial score (nSPS) is 12.8. The number of unbranched alkanes of at least 4 members (excludes halogenated alkanes) is 1. The molecule has 0 unspecified atom stereocenters. The zero-order chi connectivity index (χ0) is 60.9. The van der Waals surface area contributed by atoms with Gasteiger partial charge in [-0.05, 0) is 43.5 Å². The van der Waals surface area contributed by atoms with E-state index < -0.39 is 23.8 Å². The first-order chi connectivity index (χ1) is 41.7. The number of carbonyl (C=O) groups excluding carboxylic acids is 5. The number of thioether (sulfide) groups is 2. The number of benzene rings is 2. The SMILES string of the molecule is COCCOCCOCCOCCOCCOCCOCCOCCOCCOCCOCCOCCC(=O)NCCCC[C@H](NC(=O)CCOCCOCCN1C(=O)C(Sc2ccccc2)=C(Sc2ccccc2)C1=O)C(=O)NCCC(=O)O. The van der Waals surface area contributed by atoms with E-state index in [0.29, 0.717) is 175 Å². The van der Waals surface area contributed by atoms with Crippen molar-refractivity contribution in [1.29, 1.82) is 0 Å². The van der Waals surface area contributed by atoms with E-state index in [1.165, 1.54) is 28.4 Å². The van der Waals surface area contributed by atoms with Gasteiger partial charge in [-0.15, -0.1) is 0 Å². The fourth-order valence-electron chi connectivity index (χ4n) is 7.12. The van der Waals surface area contributed by atoms with Gasteiger partial charge in [-0.3, -0.25) is 33.7 Å². The molecule has 0 fully saturated rings. The molecule has 0 radical (unpaired) electrons. The highest BCUT2D eigenvalue weighted by Gasteiger charge is 2.39. The Hall–Kier alpha value is -4.66. The Balaban J connectivity index is 1.09. The summed E-state index contributed by atoms with van der Waals surface area (Å²) in [4.78, 5) is 79.6. The average Bonchev–Trinajstić information content (AvgIpc) is 3.28. The predicted octanol–water partition coefficient (Wildman–Crippen LogP) is 3.16. The second-order valence-electron chi connectivity index (χ2n) is 18.1. The maximum atomic E-state index is 13.5. The quantitative estimate of drug-likeness (QED) is 0.0546. The monoisotopic (exact) mass is 1240 g/mol. The number of hydrogen-bond donors (Lipinski definition) is 4. The molecule has 1 heterocycles. The van der Waals surface area contributed by atoms with Crippen molar-refractivity contribution in [2.24, 2.45) is 0 Å². The van der Waals surface area contributed by atoms with E-state index in [0.717, 1.165) is 9.79 Å². The molecule has 1 atom stereocenters. The largest absolute Gasteiger partial charge is 0.481 e. The Morgan fingerprint density at radius 2 is 0.788 bits per heavy atom. The highest BCUT2D eigenvalue weighted by molar-refractivity contribution is 8.08. The van der Waals surface area contributed by atoms with Crippen LogP contribution in [-0.2, 0) is 95.1 Å². The van der Waals surface area contributed by atoms with E-state index in [-0.39, 0.29) is 89.5 Å². The smallest absolute Gasteiger partial charge is 0.305 e. The molecule has 0 saturated heterocycles. The summed E-state index contributed by atoms with van der Waals surface area (Å²) in [6, 6.07) is 17.8. The molecule has 1 aliphatic heterocycles. The van der Waals surface area contributed by atoms with Gasteiger partial charge < -0.3 is 87.4 Å². The van der Waals surface area contributed by atoms with Crippen molar-refractivity contribution in [1.82, 2.24) is 20.9 Å². The fourth-order valence-corrected chi connectivity index (χ4v) is 9.18. The number of hydrogen-bond acceptors (Lipinski definition) is 22. The summed E-state index contributed by atoms with van der Waals surface area (Å²) in [5.41, 5.74) is 0.